The second-order valence-corrected chi connectivity index (χ2v) is 6.97. The molecule has 0 bridgehead atoms. The highest BCUT2D eigenvalue weighted by molar-refractivity contribution is 5.88. The van der Waals surface area contributed by atoms with Gasteiger partial charge in [0, 0.05) is 6.54 Å². The van der Waals surface area contributed by atoms with Gasteiger partial charge >= 0.3 is 18.1 Å². The van der Waals surface area contributed by atoms with Crippen molar-refractivity contribution in [2.75, 3.05) is 19.7 Å². The predicted molar refractivity (Wildman–Crippen MR) is 96.9 cm³/mol. The summed E-state index contributed by atoms with van der Waals surface area (Å²) in [6.45, 7) is 1.53. The molecular formula is C20H26F3NO4. The number of rotatable bonds is 10. The third kappa shape index (κ3) is 8.29. The van der Waals surface area contributed by atoms with E-state index in [1.165, 1.54) is 25.7 Å². The molecule has 0 radical (unpaired) electrons. The number of esters is 2. The van der Waals surface area contributed by atoms with E-state index in [1.54, 1.807) is 0 Å². The number of aryl methyl sites for hydroxylation is 1. The van der Waals surface area contributed by atoms with Crippen molar-refractivity contribution >= 4 is 11.9 Å². The van der Waals surface area contributed by atoms with Crippen LogP contribution in [0.2, 0.25) is 0 Å². The van der Waals surface area contributed by atoms with Crippen molar-refractivity contribution in [2.24, 2.45) is 5.92 Å². The highest BCUT2D eigenvalue weighted by Crippen LogP contribution is 2.25. The summed E-state index contributed by atoms with van der Waals surface area (Å²) in [5.41, 5.74) is 1.16. The molecule has 0 aromatic heterocycles. The SMILES string of the molecule is O=C(CCNCCCc1ccc(OCC2CCCC2)cc1)OC(=O)C(F)(F)F. The van der Waals surface area contributed by atoms with Crippen molar-refractivity contribution in [3.05, 3.63) is 29.8 Å². The minimum atomic E-state index is -5.15. The largest absolute Gasteiger partial charge is 0.493 e. The molecule has 0 unspecified atom stereocenters. The topological polar surface area (TPSA) is 64.6 Å². The second-order valence-electron chi connectivity index (χ2n) is 6.97. The molecule has 0 spiro atoms. The van der Waals surface area contributed by atoms with E-state index in [4.69, 9.17) is 4.74 Å². The standard InChI is InChI=1S/C20H26F3NO4/c21-20(22,23)19(26)28-18(25)11-13-24-12-3-6-15-7-9-17(10-8-15)27-14-16-4-1-2-5-16/h7-10,16,24H,1-6,11-14H2. The van der Waals surface area contributed by atoms with Crippen LogP contribution in [0.1, 0.15) is 44.1 Å². The van der Waals surface area contributed by atoms with Gasteiger partial charge in [-0.1, -0.05) is 25.0 Å². The Morgan fingerprint density at radius 3 is 2.39 bits per heavy atom. The van der Waals surface area contributed by atoms with Crippen LogP contribution in [-0.4, -0.2) is 37.8 Å². The fourth-order valence-electron chi connectivity index (χ4n) is 3.09. The number of alkyl halides is 3. The van der Waals surface area contributed by atoms with Crippen LogP contribution >= 0.6 is 0 Å². The van der Waals surface area contributed by atoms with E-state index < -0.39 is 18.1 Å². The lowest BCUT2D eigenvalue weighted by Gasteiger charge is -2.11. The van der Waals surface area contributed by atoms with Crippen molar-refractivity contribution in [3.8, 4) is 5.75 Å². The average Bonchev–Trinajstić information content (AvgIpc) is 3.16. The van der Waals surface area contributed by atoms with Crippen LogP contribution in [0.25, 0.3) is 0 Å². The first-order valence-electron chi connectivity index (χ1n) is 9.59. The molecule has 0 atom stereocenters. The van der Waals surface area contributed by atoms with Crippen LogP contribution in [0.5, 0.6) is 5.75 Å². The smallest absolute Gasteiger partial charge is 0.491 e. The molecule has 0 saturated heterocycles. The van der Waals surface area contributed by atoms with Crippen LogP contribution in [0.15, 0.2) is 24.3 Å². The zero-order valence-corrected chi connectivity index (χ0v) is 15.7. The molecule has 156 valence electrons. The lowest BCUT2D eigenvalue weighted by atomic mass is 10.1. The minimum absolute atomic E-state index is 0.151. The summed E-state index contributed by atoms with van der Waals surface area (Å²) in [5.74, 6) is -2.12. The summed E-state index contributed by atoms with van der Waals surface area (Å²) in [6, 6.07) is 7.96. The van der Waals surface area contributed by atoms with Gasteiger partial charge in [0.25, 0.3) is 0 Å². The van der Waals surface area contributed by atoms with Crippen molar-refractivity contribution < 1.29 is 32.2 Å². The summed E-state index contributed by atoms with van der Waals surface area (Å²) in [5, 5.41) is 2.94. The predicted octanol–water partition coefficient (Wildman–Crippen LogP) is 3.80. The Bertz CT molecular complexity index is 625. The summed E-state index contributed by atoms with van der Waals surface area (Å²) in [6.07, 6.45) is 1.28. The fourth-order valence-corrected chi connectivity index (χ4v) is 3.09. The van der Waals surface area contributed by atoms with E-state index >= 15 is 0 Å². The molecule has 1 aromatic rings. The summed E-state index contributed by atoms with van der Waals surface area (Å²) in [4.78, 5) is 21.6. The van der Waals surface area contributed by atoms with Gasteiger partial charge in [0.2, 0.25) is 0 Å². The number of hydrogen-bond acceptors (Lipinski definition) is 5. The number of hydrogen-bond donors (Lipinski definition) is 1. The van der Waals surface area contributed by atoms with Crippen molar-refractivity contribution in [1.82, 2.24) is 5.32 Å². The van der Waals surface area contributed by atoms with Crippen LogP contribution in [0.4, 0.5) is 13.2 Å². The molecule has 1 aliphatic carbocycles. The molecule has 5 nitrogen and oxygen atoms in total. The molecule has 1 N–H and O–H groups in total. The van der Waals surface area contributed by atoms with E-state index in [9.17, 15) is 22.8 Å². The van der Waals surface area contributed by atoms with E-state index in [0.717, 1.165) is 30.8 Å². The Kier molecular flexibility index (Phi) is 8.76. The first-order chi connectivity index (χ1) is 13.3. The summed E-state index contributed by atoms with van der Waals surface area (Å²) >= 11 is 0. The quantitative estimate of drug-likeness (QED) is 0.367. The molecule has 8 heteroatoms. The summed E-state index contributed by atoms with van der Waals surface area (Å²) in [7, 11) is 0. The van der Waals surface area contributed by atoms with Crippen molar-refractivity contribution in [3.63, 3.8) is 0 Å². The molecular weight excluding hydrogens is 375 g/mol. The zero-order valence-electron chi connectivity index (χ0n) is 15.7. The Hall–Kier alpha value is -2.09. The Labute approximate surface area is 162 Å². The van der Waals surface area contributed by atoms with Crippen molar-refractivity contribution in [1.29, 1.82) is 0 Å². The third-order valence-corrected chi connectivity index (χ3v) is 4.65. The molecule has 1 saturated carbocycles. The van der Waals surface area contributed by atoms with Crippen LogP contribution in [0.3, 0.4) is 0 Å². The van der Waals surface area contributed by atoms with Gasteiger partial charge in [-0.3, -0.25) is 4.79 Å². The molecule has 1 aromatic carbocycles. The number of carbonyl (C=O) groups excluding carboxylic acids is 2. The highest BCUT2D eigenvalue weighted by atomic mass is 19.4. The first kappa shape index (κ1) is 22.2. The van der Waals surface area contributed by atoms with Crippen LogP contribution < -0.4 is 10.1 Å². The van der Waals surface area contributed by atoms with E-state index in [-0.39, 0.29) is 13.0 Å². The van der Waals surface area contributed by atoms with Gasteiger partial charge in [-0.05, 0) is 55.8 Å². The van der Waals surface area contributed by atoms with Crippen molar-refractivity contribution in [2.45, 2.75) is 51.1 Å². The summed E-state index contributed by atoms with van der Waals surface area (Å²) < 4.78 is 45.4. The van der Waals surface area contributed by atoms with E-state index in [0.29, 0.717) is 12.5 Å². The number of benzene rings is 1. The molecule has 1 aliphatic rings. The highest BCUT2D eigenvalue weighted by Gasteiger charge is 2.42. The van der Waals surface area contributed by atoms with Gasteiger partial charge in [-0.15, -0.1) is 0 Å². The molecule has 0 heterocycles. The molecule has 0 aliphatic heterocycles. The number of carbonyl (C=O) groups is 2. The zero-order chi connectivity index (χ0) is 20.4. The van der Waals surface area contributed by atoms with Crippen LogP contribution in [0, 0.1) is 5.92 Å². The lowest BCUT2D eigenvalue weighted by Crippen LogP contribution is -2.29. The van der Waals surface area contributed by atoms with Gasteiger partial charge in [-0.25, -0.2) is 4.79 Å². The fraction of sp³-hybridized carbons (Fsp3) is 0.600. The Balaban J connectivity index is 1.53. The lowest BCUT2D eigenvalue weighted by molar-refractivity contribution is -0.201. The van der Waals surface area contributed by atoms with Gasteiger partial charge in [-0.2, -0.15) is 13.2 Å². The molecule has 1 fully saturated rings. The van der Waals surface area contributed by atoms with E-state index in [1.807, 2.05) is 24.3 Å². The number of ether oxygens (including phenoxy) is 2. The van der Waals surface area contributed by atoms with E-state index in [2.05, 4.69) is 10.1 Å². The maximum atomic E-state index is 11.9. The molecule has 28 heavy (non-hydrogen) atoms. The third-order valence-electron chi connectivity index (χ3n) is 4.65. The number of nitrogens with one attached hydrogen (secondary N) is 1. The molecule has 2 rings (SSSR count). The first-order valence-corrected chi connectivity index (χ1v) is 9.59. The second kappa shape index (κ2) is 11.0. The van der Waals surface area contributed by atoms with Gasteiger partial charge < -0.3 is 14.8 Å². The normalized spacial score (nSPS) is 14.8. The Morgan fingerprint density at radius 2 is 1.75 bits per heavy atom. The maximum absolute atomic E-state index is 11.9. The molecule has 0 amide bonds. The average molecular weight is 401 g/mol. The van der Waals surface area contributed by atoms with Gasteiger partial charge in [0.1, 0.15) is 5.75 Å². The van der Waals surface area contributed by atoms with Gasteiger partial charge in [0.15, 0.2) is 0 Å². The maximum Gasteiger partial charge on any atom is 0.491 e. The monoisotopic (exact) mass is 401 g/mol. The van der Waals surface area contributed by atoms with Crippen LogP contribution in [-0.2, 0) is 20.7 Å². The minimum Gasteiger partial charge on any atom is -0.493 e. The Morgan fingerprint density at radius 1 is 1.07 bits per heavy atom. The van der Waals surface area contributed by atoms with Gasteiger partial charge in [0.05, 0.1) is 13.0 Å². The number of halogens is 3.